The lowest BCUT2D eigenvalue weighted by molar-refractivity contribution is 0.305. The molecule has 0 saturated heterocycles. The van der Waals surface area contributed by atoms with Gasteiger partial charge in [-0.1, -0.05) is 30.7 Å². The van der Waals surface area contributed by atoms with Gasteiger partial charge in [0.1, 0.15) is 5.66 Å². The van der Waals surface area contributed by atoms with E-state index < -0.39 is 5.66 Å². The molecule has 0 radical (unpaired) electrons. The molecule has 1 aromatic heterocycles. The molecule has 0 atom stereocenters. The van der Waals surface area contributed by atoms with E-state index in [0.29, 0.717) is 5.96 Å². The summed E-state index contributed by atoms with van der Waals surface area (Å²) >= 11 is 0. The van der Waals surface area contributed by atoms with Crippen LogP contribution in [0.5, 0.6) is 0 Å². The minimum atomic E-state index is -0.400. The maximum atomic E-state index is 6.27. The standard InChI is InChI=1S/C21H24N6/c22-19-25-20(23)27(21(26-19)12-2-1-3-13-21)18-8-6-16(7-9-18)4-5-17-10-14-24-15-11-17/h4-11,14-15H,1-3,12-13H2,(H4,22,23,25,26). The molecule has 138 valence electrons. The number of aromatic nitrogens is 1. The van der Waals surface area contributed by atoms with Crippen LogP contribution in [-0.4, -0.2) is 22.6 Å². The Hall–Kier alpha value is -3.15. The van der Waals surface area contributed by atoms with Gasteiger partial charge in [-0.2, -0.15) is 4.99 Å². The zero-order chi connectivity index (χ0) is 18.7. The van der Waals surface area contributed by atoms with Gasteiger partial charge in [0.05, 0.1) is 0 Å². The topological polar surface area (TPSA) is 92.9 Å². The molecular formula is C21H24N6. The van der Waals surface area contributed by atoms with Crippen molar-refractivity contribution in [3.8, 4) is 0 Å². The molecule has 2 aliphatic rings. The minimum absolute atomic E-state index is 0.280. The molecule has 1 aromatic carbocycles. The van der Waals surface area contributed by atoms with Crippen molar-refractivity contribution in [2.75, 3.05) is 4.90 Å². The van der Waals surface area contributed by atoms with E-state index in [-0.39, 0.29) is 5.96 Å². The van der Waals surface area contributed by atoms with Crippen LogP contribution in [0.4, 0.5) is 5.69 Å². The van der Waals surface area contributed by atoms with Gasteiger partial charge in [0.25, 0.3) is 0 Å². The van der Waals surface area contributed by atoms with Gasteiger partial charge in [0.15, 0.2) is 0 Å². The molecule has 0 amide bonds. The number of nitrogens with zero attached hydrogens (tertiary/aromatic N) is 4. The van der Waals surface area contributed by atoms with Gasteiger partial charge in [-0.15, -0.1) is 0 Å². The van der Waals surface area contributed by atoms with Crippen molar-refractivity contribution in [1.29, 1.82) is 0 Å². The van der Waals surface area contributed by atoms with Crippen molar-refractivity contribution in [1.82, 2.24) is 4.98 Å². The number of nitrogens with two attached hydrogens (primary N) is 2. The third kappa shape index (κ3) is 3.56. The summed E-state index contributed by atoms with van der Waals surface area (Å²) in [5, 5.41) is 0. The lowest BCUT2D eigenvalue weighted by Crippen LogP contribution is -2.58. The molecule has 1 aliphatic carbocycles. The molecule has 27 heavy (non-hydrogen) atoms. The Morgan fingerprint density at radius 3 is 2.15 bits per heavy atom. The van der Waals surface area contributed by atoms with E-state index in [0.717, 1.165) is 42.5 Å². The second-order valence-electron chi connectivity index (χ2n) is 7.02. The summed E-state index contributed by atoms with van der Waals surface area (Å²) in [5.74, 6) is 0.701. The Labute approximate surface area is 159 Å². The summed E-state index contributed by atoms with van der Waals surface area (Å²) < 4.78 is 0. The Morgan fingerprint density at radius 2 is 1.48 bits per heavy atom. The van der Waals surface area contributed by atoms with E-state index in [1.54, 1.807) is 12.4 Å². The monoisotopic (exact) mass is 360 g/mol. The Bertz CT molecular complexity index is 877. The zero-order valence-electron chi connectivity index (χ0n) is 15.3. The molecule has 0 unspecified atom stereocenters. The molecule has 2 heterocycles. The average Bonchev–Trinajstić information content (AvgIpc) is 2.68. The first-order valence-corrected chi connectivity index (χ1v) is 9.34. The van der Waals surface area contributed by atoms with Gasteiger partial charge in [-0.3, -0.25) is 9.88 Å². The van der Waals surface area contributed by atoms with Crippen LogP contribution in [0.2, 0.25) is 0 Å². The molecule has 4 N–H and O–H groups in total. The molecule has 4 rings (SSSR count). The Balaban J connectivity index is 1.60. The van der Waals surface area contributed by atoms with Crippen molar-refractivity contribution in [3.05, 3.63) is 59.9 Å². The largest absolute Gasteiger partial charge is 0.369 e. The molecule has 1 saturated carbocycles. The minimum Gasteiger partial charge on any atom is -0.369 e. The predicted octanol–water partition coefficient (Wildman–Crippen LogP) is 3.36. The number of aliphatic imine (C=N–C) groups is 2. The zero-order valence-corrected chi connectivity index (χ0v) is 15.3. The van der Waals surface area contributed by atoms with E-state index in [2.05, 4.69) is 51.3 Å². The fourth-order valence-electron chi connectivity index (χ4n) is 3.90. The molecule has 6 nitrogen and oxygen atoms in total. The van der Waals surface area contributed by atoms with Crippen LogP contribution in [0.3, 0.4) is 0 Å². The summed E-state index contributed by atoms with van der Waals surface area (Å²) in [6.45, 7) is 0. The van der Waals surface area contributed by atoms with Crippen LogP contribution in [0, 0.1) is 0 Å². The summed E-state index contributed by atoms with van der Waals surface area (Å²) in [6, 6.07) is 12.3. The van der Waals surface area contributed by atoms with E-state index in [1.807, 2.05) is 12.1 Å². The SMILES string of the molecule is NC1=NC2(CCCCC2)N(c2ccc(C=Cc3ccncc3)cc2)C(N)=N1. The summed E-state index contributed by atoms with van der Waals surface area (Å²) in [6.07, 6.45) is 13.1. The second-order valence-corrected chi connectivity index (χ2v) is 7.02. The fraction of sp³-hybridized carbons (Fsp3) is 0.286. The highest BCUT2D eigenvalue weighted by atomic mass is 15.4. The van der Waals surface area contributed by atoms with Crippen LogP contribution in [-0.2, 0) is 0 Å². The highest BCUT2D eigenvalue weighted by molar-refractivity contribution is 6.05. The van der Waals surface area contributed by atoms with E-state index in [1.165, 1.54) is 6.42 Å². The van der Waals surface area contributed by atoms with Crippen molar-refractivity contribution >= 4 is 29.8 Å². The lowest BCUT2D eigenvalue weighted by atomic mass is 9.87. The van der Waals surface area contributed by atoms with Gasteiger partial charge < -0.3 is 11.5 Å². The summed E-state index contributed by atoms with van der Waals surface area (Å²) in [4.78, 5) is 15.0. The van der Waals surface area contributed by atoms with Crippen LogP contribution >= 0.6 is 0 Å². The normalized spacial score (nSPS) is 19.2. The van der Waals surface area contributed by atoms with Crippen molar-refractivity contribution in [3.63, 3.8) is 0 Å². The van der Waals surface area contributed by atoms with E-state index >= 15 is 0 Å². The number of hydrogen-bond acceptors (Lipinski definition) is 6. The lowest BCUT2D eigenvalue weighted by Gasteiger charge is -2.45. The van der Waals surface area contributed by atoms with Gasteiger partial charge in [0.2, 0.25) is 11.9 Å². The maximum absolute atomic E-state index is 6.27. The average molecular weight is 360 g/mol. The second kappa shape index (κ2) is 7.23. The van der Waals surface area contributed by atoms with Crippen LogP contribution in [0.15, 0.2) is 58.8 Å². The smallest absolute Gasteiger partial charge is 0.220 e. The number of rotatable bonds is 3. The van der Waals surface area contributed by atoms with Crippen LogP contribution in [0.25, 0.3) is 12.2 Å². The Morgan fingerprint density at radius 1 is 0.852 bits per heavy atom. The molecular weight excluding hydrogens is 336 g/mol. The van der Waals surface area contributed by atoms with E-state index in [4.69, 9.17) is 16.5 Å². The summed E-state index contributed by atoms with van der Waals surface area (Å²) in [5.41, 5.74) is 15.0. The Kier molecular flexibility index (Phi) is 4.62. The van der Waals surface area contributed by atoms with Crippen LogP contribution in [0.1, 0.15) is 43.2 Å². The number of pyridine rings is 1. The third-order valence-electron chi connectivity index (χ3n) is 5.18. The van der Waals surface area contributed by atoms with Gasteiger partial charge >= 0.3 is 0 Å². The van der Waals surface area contributed by atoms with Crippen molar-refractivity contribution in [2.24, 2.45) is 21.5 Å². The number of guanidine groups is 2. The highest BCUT2D eigenvalue weighted by Gasteiger charge is 2.42. The molecule has 6 heteroatoms. The quantitative estimate of drug-likeness (QED) is 0.878. The first kappa shape index (κ1) is 17.3. The maximum Gasteiger partial charge on any atom is 0.220 e. The van der Waals surface area contributed by atoms with Crippen molar-refractivity contribution < 1.29 is 0 Å². The van der Waals surface area contributed by atoms with Gasteiger partial charge in [-0.25, -0.2) is 4.99 Å². The fourth-order valence-corrected chi connectivity index (χ4v) is 3.90. The molecule has 0 bridgehead atoms. The summed E-state index contributed by atoms with van der Waals surface area (Å²) in [7, 11) is 0. The number of anilines is 1. The van der Waals surface area contributed by atoms with E-state index in [9.17, 15) is 0 Å². The number of benzene rings is 1. The molecule has 2 aromatic rings. The first-order valence-electron chi connectivity index (χ1n) is 9.34. The molecule has 1 fully saturated rings. The van der Waals surface area contributed by atoms with Gasteiger partial charge in [0, 0.05) is 18.1 Å². The third-order valence-corrected chi connectivity index (χ3v) is 5.18. The van der Waals surface area contributed by atoms with Crippen molar-refractivity contribution in [2.45, 2.75) is 37.8 Å². The number of hydrogen-bond donors (Lipinski definition) is 2. The predicted molar refractivity (Wildman–Crippen MR) is 111 cm³/mol. The molecule has 1 aliphatic heterocycles. The van der Waals surface area contributed by atoms with Gasteiger partial charge in [-0.05, 0) is 61.1 Å². The first-order chi connectivity index (χ1) is 13.2. The highest BCUT2D eigenvalue weighted by Crippen LogP contribution is 2.39. The molecule has 1 spiro atoms. The van der Waals surface area contributed by atoms with Crippen LogP contribution < -0.4 is 16.4 Å².